The normalized spacial score (nSPS) is 10.6. The molecule has 0 unspecified atom stereocenters. The van der Waals surface area contributed by atoms with Gasteiger partial charge < -0.3 is 5.32 Å². The Kier molecular flexibility index (Phi) is 5.79. The van der Waals surface area contributed by atoms with Crippen molar-refractivity contribution in [2.45, 2.75) is 13.8 Å². The Morgan fingerprint density at radius 3 is 2.50 bits per heavy atom. The van der Waals surface area contributed by atoms with Gasteiger partial charge in [0.2, 0.25) is 0 Å². The van der Waals surface area contributed by atoms with Gasteiger partial charge in [0.1, 0.15) is 0 Å². The van der Waals surface area contributed by atoms with Crippen molar-refractivity contribution >= 4 is 73.9 Å². The van der Waals surface area contributed by atoms with Crippen LogP contribution in [-0.2, 0) is 0 Å². The summed E-state index contributed by atoms with van der Waals surface area (Å²) in [6.07, 6.45) is 0. The van der Waals surface area contributed by atoms with E-state index in [9.17, 15) is 4.79 Å². The summed E-state index contributed by atoms with van der Waals surface area (Å²) in [5.41, 5.74) is 3.63. The Hall–Kier alpha value is -1.70. The van der Waals surface area contributed by atoms with E-state index < -0.39 is 0 Å². The Morgan fingerprint density at radius 2 is 1.73 bits per heavy atom. The third-order valence-corrected chi connectivity index (χ3v) is 5.79. The summed E-state index contributed by atoms with van der Waals surface area (Å²) in [7, 11) is 0. The highest BCUT2D eigenvalue weighted by molar-refractivity contribution is 14.1. The summed E-state index contributed by atoms with van der Waals surface area (Å²) in [4.78, 5) is 12.7. The smallest absolute Gasteiger partial charge is 0.258 e. The van der Waals surface area contributed by atoms with Crippen LogP contribution in [0, 0.1) is 17.4 Å². The number of amides is 1. The number of carbonyl (C=O) groups excluding carboxylic acids is 1. The summed E-state index contributed by atoms with van der Waals surface area (Å²) in [6, 6.07) is 15.1. The number of anilines is 1. The molecule has 0 saturated carbocycles. The minimum Gasteiger partial charge on any atom is -0.332 e. The largest absolute Gasteiger partial charge is 0.332 e. The molecule has 0 atom stereocenters. The van der Waals surface area contributed by atoms with Crippen LogP contribution in [0.25, 0.3) is 10.8 Å². The number of benzene rings is 3. The molecule has 0 aliphatic carbocycles. The van der Waals surface area contributed by atoms with Crippen molar-refractivity contribution in [3.05, 3.63) is 73.8 Å². The number of thiocarbonyl (C=S) groups is 1. The van der Waals surface area contributed by atoms with Crippen LogP contribution in [-0.4, -0.2) is 11.0 Å². The number of halogens is 2. The molecule has 3 aromatic rings. The lowest BCUT2D eigenvalue weighted by Gasteiger charge is -2.14. The Morgan fingerprint density at radius 1 is 1.04 bits per heavy atom. The van der Waals surface area contributed by atoms with Gasteiger partial charge in [-0.25, -0.2) is 0 Å². The molecule has 3 rings (SSSR count). The van der Waals surface area contributed by atoms with Crippen LogP contribution in [0.1, 0.15) is 21.5 Å². The standard InChI is InChI=1S/C20H16ClIN2OS/c1-11-10-18(12(2)9-17(11)22)23-20(26)24-19(25)15-7-3-6-14-13(15)5-4-8-16(14)21/h3-10H,1-2H3,(H2,23,24,25,26). The van der Waals surface area contributed by atoms with Crippen LogP contribution in [0.4, 0.5) is 5.69 Å². The highest BCUT2D eigenvalue weighted by atomic mass is 127. The Labute approximate surface area is 176 Å². The van der Waals surface area contributed by atoms with E-state index in [1.807, 2.05) is 44.2 Å². The predicted octanol–water partition coefficient (Wildman–Crippen LogP) is 5.84. The molecular weight excluding hydrogens is 479 g/mol. The number of rotatable bonds is 2. The fraction of sp³-hybridized carbons (Fsp3) is 0.100. The third-order valence-electron chi connectivity index (χ3n) is 4.09. The number of aryl methyl sites for hydroxylation is 2. The third kappa shape index (κ3) is 4.00. The van der Waals surface area contributed by atoms with Crippen molar-refractivity contribution in [1.29, 1.82) is 0 Å². The molecule has 0 radical (unpaired) electrons. The van der Waals surface area contributed by atoms with E-state index >= 15 is 0 Å². The minimum atomic E-state index is -0.268. The predicted molar refractivity (Wildman–Crippen MR) is 121 cm³/mol. The second kappa shape index (κ2) is 7.90. The van der Waals surface area contributed by atoms with E-state index in [-0.39, 0.29) is 11.0 Å². The average molecular weight is 495 g/mol. The molecule has 0 aliphatic heterocycles. The molecule has 26 heavy (non-hydrogen) atoms. The van der Waals surface area contributed by atoms with Gasteiger partial charge in [-0.15, -0.1) is 0 Å². The first kappa shape index (κ1) is 19.1. The summed E-state index contributed by atoms with van der Waals surface area (Å²) >= 11 is 13.8. The molecule has 0 fully saturated rings. The maximum absolute atomic E-state index is 12.7. The molecule has 1 amide bonds. The SMILES string of the molecule is Cc1cc(NC(=S)NC(=O)c2cccc3c(Cl)cccc23)c(C)cc1I. The van der Waals surface area contributed by atoms with Gasteiger partial charge in [0.15, 0.2) is 5.11 Å². The van der Waals surface area contributed by atoms with Gasteiger partial charge in [-0.3, -0.25) is 10.1 Å². The Bertz CT molecular complexity index is 1040. The topological polar surface area (TPSA) is 41.1 Å². The summed E-state index contributed by atoms with van der Waals surface area (Å²) in [5, 5.41) is 8.37. The Balaban J connectivity index is 1.82. The number of hydrogen-bond donors (Lipinski definition) is 2. The molecule has 6 heteroatoms. The highest BCUT2D eigenvalue weighted by Gasteiger charge is 2.13. The molecule has 0 saturated heterocycles. The second-order valence-corrected chi connectivity index (χ2v) is 7.94. The zero-order valence-corrected chi connectivity index (χ0v) is 17.9. The molecule has 0 heterocycles. The van der Waals surface area contributed by atoms with Crippen molar-refractivity contribution in [1.82, 2.24) is 5.32 Å². The number of carbonyl (C=O) groups is 1. The molecular formula is C20H16ClIN2OS. The van der Waals surface area contributed by atoms with Gasteiger partial charge >= 0.3 is 0 Å². The molecule has 2 N–H and O–H groups in total. The van der Waals surface area contributed by atoms with Gasteiger partial charge in [-0.2, -0.15) is 0 Å². The van der Waals surface area contributed by atoms with Crippen LogP contribution in [0.3, 0.4) is 0 Å². The first-order valence-electron chi connectivity index (χ1n) is 7.93. The van der Waals surface area contributed by atoms with Gasteiger partial charge in [0.05, 0.1) is 0 Å². The summed E-state index contributed by atoms with van der Waals surface area (Å²) in [6.45, 7) is 4.04. The summed E-state index contributed by atoms with van der Waals surface area (Å²) < 4.78 is 1.19. The van der Waals surface area contributed by atoms with E-state index in [4.69, 9.17) is 23.8 Å². The molecule has 132 valence electrons. The monoisotopic (exact) mass is 494 g/mol. The van der Waals surface area contributed by atoms with E-state index in [0.29, 0.717) is 10.6 Å². The maximum Gasteiger partial charge on any atom is 0.258 e. The fourth-order valence-corrected chi connectivity index (χ4v) is 3.77. The molecule has 0 bridgehead atoms. The van der Waals surface area contributed by atoms with Crippen molar-refractivity contribution < 1.29 is 4.79 Å². The zero-order valence-electron chi connectivity index (χ0n) is 14.2. The summed E-state index contributed by atoms with van der Waals surface area (Å²) in [5.74, 6) is -0.268. The lowest BCUT2D eigenvalue weighted by Crippen LogP contribution is -2.34. The van der Waals surface area contributed by atoms with Crippen molar-refractivity contribution in [3.63, 3.8) is 0 Å². The van der Waals surface area contributed by atoms with Crippen molar-refractivity contribution in [2.24, 2.45) is 0 Å². The molecule has 0 aromatic heterocycles. The van der Waals surface area contributed by atoms with Gasteiger partial charge in [0.25, 0.3) is 5.91 Å². The quantitative estimate of drug-likeness (QED) is 0.347. The van der Waals surface area contributed by atoms with E-state index in [0.717, 1.165) is 27.6 Å². The molecule has 0 spiro atoms. The average Bonchev–Trinajstić information content (AvgIpc) is 2.59. The van der Waals surface area contributed by atoms with Gasteiger partial charge in [-0.05, 0) is 89.4 Å². The lowest BCUT2D eigenvalue weighted by molar-refractivity contribution is 0.0979. The van der Waals surface area contributed by atoms with Crippen LogP contribution in [0.2, 0.25) is 5.02 Å². The first-order chi connectivity index (χ1) is 12.4. The van der Waals surface area contributed by atoms with Gasteiger partial charge in [-0.1, -0.05) is 35.9 Å². The lowest BCUT2D eigenvalue weighted by atomic mass is 10.0. The zero-order chi connectivity index (χ0) is 18.8. The number of hydrogen-bond acceptors (Lipinski definition) is 2. The number of nitrogens with one attached hydrogen (secondary N) is 2. The fourth-order valence-electron chi connectivity index (χ4n) is 2.71. The minimum absolute atomic E-state index is 0.262. The van der Waals surface area contributed by atoms with Crippen LogP contribution in [0.5, 0.6) is 0 Å². The van der Waals surface area contributed by atoms with Gasteiger partial charge in [0, 0.05) is 25.2 Å². The molecule has 0 aliphatic rings. The first-order valence-corrected chi connectivity index (χ1v) is 9.79. The second-order valence-electron chi connectivity index (χ2n) is 5.97. The van der Waals surface area contributed by atoms with E-state index in [2.05, 4.69) is 39.3 Å². The number of fused-ring (bicyclic) bond motifs is 1. The maximum atomic E-state index is 12.7. The molecule has 3 aromatic carbocycles. The van der Waals surface area contributed by atoms with Crippen LogP contribution < -0.4 is 10.6 Å². The van der Waals surface area contributed by atoms with E-state index in [1.165, 1.54) is 3.57 Å². The van der Waals surface area contributed by atoms with Crippen LogP contribution >= 0.6 is 46.4 Å². The van der Waals surface area contributed by atoms with Crippen molar-refractivity contribution in [2.75, 3.05) is 5.32 Å². The van der Waals surface area contributed by atoms with E-state index in [1.54, 1.807) is 12.1 Å². The van der Waals surface area contributed by atoms with Crippen LogP contribution in [0.15, 0.2) is 48.5 Å². The van der Waals surface area contributed by atoms with Crippen molar-refractivity contribution in [3.8, 4) is 0 Å². The highest BCUT2D eigenvalue weighted by Crippen LogP contribution is 2.26. The molecule has 3 nitrogen and oxygen atoms in total.